The number of fused-ring (bicyclic) bond motifs is 3. The Bertz CT molecular complexity index is 1020. The molecule has 1 aliphatic heterocycles. The predicted octanol–water partition coefficient (Wildman–Crippen LogP) is 0.789. The minimum atomic E-state index is 0.677. The zero-order chi connectivity index (χ0) is 16.6. The van der Waals surface area contributed by atoms with Gasteiger partial charge >= 0.3 is 0 Å². The first-order valence-corrected chi connectivity index (χ1v) is 8.14. The normalized spacial score (nSPS) is 15.2. The lowest BCUT2D eigenvalue weighted by Gasteiger charge is -2.35. The molecule has 0 unspecified atom stereocenters. The number of rotatable bonds is 2. The molecule has 124 valence electrons. The lowest BCUT2D eigenvalue weighted by molar-refractivity contribution is 0.625. The van der Waals surface area contributed by atoms with Gasteiger partial charge in [0.1, 0.15) is 0 Å². The molecule has 1 aliphatic rings. The Morgan fingerprint density at radius 2 is 1.52 bits per heavy atom. The van der Waals surface area contributed by atoms with E-state index in [0.717, 1.165) is 48.7 Å². The third kappa shape index (κ3) is 2.32. The third-order valence-electron chi connectivity index (χ3n) is 4.47. The Morgan fingerprint density at radius 3 is 2.32 bits per heavy atom. The van der Waals surface area contributed by atoms with Crippen LogP contribution in [0.2, 0.25) is 0 Å². The largest absolute Gasteiger partial charge is 0.351 e. The molecule has 0 atom stereocenters. The number of tetrazole rings is 1. The van der Waals surface area contributed by atoms with Gasteiger partial charge in [-0.1, -0.05) is 24.3 Å². The van der Waals surface area contributed by atoms with E-state index in [9.17, 15) is 0 Å². The minimum absolute atomic E-state index is 0.677. The SMILES string of the molecule is c1cnc(N2CCN(c3nn4nnnc4c4ccccc34)CC2)nc1. The van der Waals surface area contributed by atoms with Crippen LogP contribution in [0.1, 0.15) is 0 Å². The van der Waals surface area contributed by atoms with E-state index < -0.39 is 0 Å². The van der Waals surface area contributed by atoms with Gasteiger partial charge in [-0.25, -0.2) is 9.97 Å². The molecule has 9 nitrogen and oxygen atoms in total. The maximum atomic E-state index is 4.64. The van der Waals surface area contributed by atoms with Crippen molar-refractivity contribution in [2.24, 2.45) is 0 Å². The molecule has 25 heavy (non-hydrogen) atoms. The second-order valence-electron chi connectivity index (χ2n) is 5.88. The monoisotopic (exact) mass is 333 g/mol. The van der Waals surface area contributed by atoms with Gasteiger partial charge in [-0.15, -0.1) is 14.8 Å². The van der Waals surface area contributed by atoms with Gasteiger partial charge in [0.15, 0.2) is 5.82 Å². The number of piperazine rings is 1. The van der Waals surface area contributed by atoms with Crippen LogP contribution in [0.4, 0.5) is 11.8 Å². The number of hydrogen-bond acceptors (Lipinski definition) is 8. The van der Waals surface area contributed by atoms with Crippen LogP contribution in [-0.4, -0.2) is 61.4 Å². The number of nitrogens with zero attached hydrogens (tertiary/aromatic N) is 9. The highest BCUT2D eigenvalue weighted by Crippen LogP contribution is 2.27. The standard InChI is InChI=1S/C16H15N9/c1-2-5-13-12(4-1)14-19-21-22-25(14)20-15(13)23-8-10-24(11-9-23)16-17-6-3-7-18-16/h1-7H,8-11H2. The number of anilines is 2. The van der Waals surface area contributed by atoms with Crippen LogP contribution < -0.4 is 9.80 Å². The van der Waals surface area contributed by atoms with Crippen molar-refractivity contribution in [2.45, 2.75) is 0 Å². The van der Waals surface area contributed by atoms with Crippen LogP contribution in [0.5, 0.6) is 0 Å². The molecule has 0 N–H and O–H groups in total. The first kappa shape index (κ1) is 14.0. The summed E-state index contributed by atoms with van der Waals surface area (Å²) in [5.41, 5.74) is 0.677. The van der Waals surface area contributed by atoms with Gasteiger partial charge in [-0.3, -0.25) is 0 Å². The molecule has 1 aromatic carbocycles. The first-order valence-electron chi connectivity index (χ1n) is 8.14. The van der Waals surface area contributed by atoms with Crippen LogP contribution in [-0.2, 0) is 0 Å². The topological polar surface area (TPSA) is 88.2 Å². The quantitative estimate of drug-likeness (QED) is 0.532. The van der Waals surface area contributed by atoms with Gasteiger partial charge in [0.05, 0.1) is 0 Å². The van der Waals surface area contributed by atoms with Crippen LogP contribution in [0.3, 0.4) is 0 Å². The Kier molecular flexibility index (Phi) is 3.15. The molecule has 0 spiro atoms. The van der Waals surface area contributed by atoms with Gasteiger partial charge in [0.2, 0.25) is 11.6 Å². The highest BCUT2D eigenvalue weighted by atomic mass is 15.6. The molecular formula is C16H15N9. The third-order valence-corrected chi connectivity index (χ3v) is 4.47. The summed E-state index contributed by atoms with van der Waals surface area (Å²) in [4.78, 5) is 13.1. The molecule has 1 fully saturated rings. The summed E-state index contributed by atoms with van der Waals surface area (Å²) in [5, 5.41) is 18.5. The van der Waals surface area contributed by atoms with E-state index in [2.05, 4.69) is 46.5 Å². The van der Waals surface area contributed by atoms with Crippen molar-refractivity contribution in [3.63, 3.8) is 0 Å². The summed E-state index contributed by atoms with van der Waals surface area (Å²) in [6.45, 7) is 3.35. The Balaban J connectivity index is 1.49. The van der Waals surface area contributed by atoms with Gasteiger partial charge in [-0.2, -0.15) is 0 Å². The average molecular weight is 333 g/mol. The van der Waals surface area contributed by atoms with E-state index in [-0.39, 0.29) is 0 Å². The van der Waals surface area contributed by atoms with Crippen molar-refractivity contribution in [3.05, 3.63) is 42.7 Å². The molecule has 4 aromatic rings. The summed E-state index contributed by atoms with van der Waals surface area (Å²) >= 11 is 0. The average Bonchev–Trinajstić information content (AvgIpc) is 3.17. The Labute approximate surface area is 142 Å². The smallest absolute Gasteiger partial charge is 0.225 e. The van der Waals surface area contributed by atoms with Crippen molar-refractivity contribution < 1.29 is 0 Å². The molecular weight excluding hydrogens is 318 g/mol. The molecule has 5 rings (SSSR count). The van der Waals surface area contributed by atoms with Crippen LogP contribution in [0.15, 0.2) is 42.7 Å². The maximum Gasteiger partial charge on any atom is 0.225 e. The van der Waals surface area contributed by atoms with Crippen molar-refractivity contribution in [3.8, 4) is 0 Å². The highest BCUT2D eigenvalue weighted by Gasteiger charge is 2.22. The molecule has 0 amide bonds. The molecule has 4 heterocycles. The molecule has 0 radical (unpaired) electrons. The van der Waals surface area contributed by atoms with Crippen molar-refractivity contribution in [1.82, 2.24) is 35.2 Å². The van der Waals surface area contributed by atoms with E-state index in [4.69, 9.17) is 0 Å². The van der Waals surface area contributed by atoms with E-state index in [0.29, 0.717) is 5.65 Å². The van der Waals surface area contributed by atoms with Crippen molar-refractivity contribution in [2.75, 3.05) is 36.0 Å². The van der Waals surface area contributed by atoms with E-state index in [1.165, 1.54) is 4.63 Å². The number of hydrogen-bond donors (Lipinski definition) is 0. The van der Waals surface area contributed by atoms with E-state index >= 15 is 0 Å². The van der Waals surface area contributed by atoms with Crippen LogP contribution >= 0.6 is 0 Å². The zero-order valence-corrected chi connectivity index (χ0v) is 13.4. The van der Waals surface area contributed by atoms with Gasteiger partial charge in [-0.05, 0) is 16.5 Å². The highest BCUT2D eigenvalue weighted by molar-refractivity contribution is 5.99. The second-order valence-corrected chi connectivity index (χ2v) is 5.88. The van der Waals surface area contributed by atoms with E-state index in [1.807, 2.05) is 24.3 Å². The van der Waals surface area contributed by atoms with Gasteiger partial charge in [0.25, 0.3) is 0 Å². The molecule has 9 heteroatoms. The summed E-state index contributed by atoms with van der Waals surface area (Å²) < 4.78 is 1.50. The lowest BCUT2D eigenvalue weighted by Crippen LogP contribution is -2.47. The summed E-state index contributed by atoms with van der Waals surface area (Å²) in [7, 11) is 0. The molecule has 0 saturated carbocycles. The summed E-state index contributed by atoms with van der Waals surface area (Å²) in [6, 6.07) is 9.93. The zero-order valence-electron chi connectivity index (χ0n) is 13.4. The van der Waals surface area contributed by atoms with Crippen molar-refractivity contribution >= 4 is 28.2 Å². The van der Waals surface area contributed by atoms with Crippen LogP contribution in [0.25, 0.3) is 16.4 Å². The van der Waals surface area contributed by atoms with Gasteiger partial charge in [0, 0.05) is 49.3 Å². The molecule has 1 saturated heterocycles. The van der Waals surface area contributed by atoms with E-state index in [1.54, 1.807) is 12.4 Å². The fourth-order valence-corrected chi connectivity index (χ4v) is 3.23. The Morgan fingerprint density at radius 1 is 0.800 bits per heavy atom. The fourth-order valence-electron chi connectivity index (χ4n) is 3.23. The second kappa shape index (κ2) is 5.62. The Hall–Kier alpha value is -3.36. The maximum absolute atomic E-state index is 4.64. The lowest BCUT2D eigenvalue weighted by atomic mass is 10.1. The molecule has 3 aromatic heterocycles. The molecule has 0 aliphatic carbocycles. The minimum Gasteiger partial charge on any atom is -0.351 e. The summed E-state index contributed by atoms with van der Waals surface area (Å²) in [6.07, 6.45) is 3.55. The number of benzene rings is 1. The van der Waals surface area contributed by atoms with Gasteiger partial charge < -0.3 is 9.80 Å². The number of aromatic nitrogens is 7. The predicted molar refractivity (Wildman–Crippen MR) is 92.5 cm³/mol. The summed E-state index contributed by atoms with van der Waals surface area (Å²) in [5.74, 6) is 1.68. The first-order chi connectivity index (χ1) is 12.4. The fraction of sp³-hybridized carbons (Fsp3) is 0.250. The van der Waals surface area contributed by atoms with Crippen molar-refractivity contribution in [1.29, 1.82) is 0 Å². The molecule has 0 bridgehead atoms. The van der Waals surface area contributed by atoms with Crippen LogP contribution in [0, 0.1) is 0 Å².